The van der Waals surface area contributed by atoms with Crippen LogP contribution in [-0.4, -0.2) is 67.9 Å². The van der Waals surface area contributed by atoms with Gasteiger partial charge in [0.1, 0.15) is 0 Å². The summed E-state index contributed by atoms with van der Waals surface area (Å²) in [4.78, 5) is 37.0. The van der Waals surface area contributed by atoms with Crippen LogP contribution >= 0.6 is 0 Å². The van der Waals surface area contributed by atoms with E-state index in [1.54, 1.807) is 6.07 Å². The van der Waals surface area contributed by atoms with Crippen LogP contribution in [0.5, 0.6) is 0 Å². The van der Waals surface area contributed by atoms with Gasteiger partial charge in [0.05, 0.1) is 17.4 Å². The number of piperidine rings is 1. The number of urea groups is 1. The minimum Gasteiger partial charge on any atom is -0.335 e. The average molecular weight is 380 g/mol. The summed E-state index contributed by atoms with van der Waals surface area (Å²) < 4.78 is 24.4. The van der Waals surface area contributed by atoms with Crippen LogP contribution in [0.15, 0.2) is 18.2 Å². The molecule has 0 spiro atoms. The van der Waals surface area contributed by atoms with Crippen LogP contribution in [0.1, 0.15) is 33.6 Å². The number of hydrogen-bond donors (Lipinski definition) is 2. The van der Waals surface area contributed by atoms with Crippen LogP contribution in [-0.2, 0) is 10.0 Å². The average Bonchev–Trinajstić information content (AvgIpc) is 2.79. The highest BCUT2D eigenvalue weighted by Crippen LogP contribution is 2.24. The van der Waals surface area contributed by atoms with E-state index >= 15 is 0 Å². The largest absolute Gasteiger partial charge is 0.335 e. The highest BCUT2D eigenvalue weighted by atomic mass is 32.2. The highest BCUT2D eigenvalue weighted by Gasteiger charge is 2.33. The number of hydrogen-bond acceptors (Lipinski definition) is 5. The van der Waals surface area contributed by atoms with Crippen molar-refractivity contribution in [3.05, 3.63) is 29.3 Å². The van der Waals surface area contributed by atoms with E-state index in [0.717, 1.165) is 4.90 Å². The number of benzene rings is 1. The number of fused-ring (bicyclic) bond motifs is 1. The summed E-state index contributed by atoms with van der Waals surface area (Å²) in [6.45, 7) is 0.733. The van der Waals surface area contributed by atoms with Crippen LogP contribution in [0.2, 0.25) is 0 Å². The lowest BCUT2D eigenvalue weighted by molar-refractivity contribution is 0.0693. The van der Waals surface area contributed by atoms with E-state index in [1.165, 1.54) is 29.7 Å². The van der Waals surface area contributed by atoms with Gasteiger partial charge in [0, 0.05) is 31.9 Å². The smallest absolute Gasteiger partial charge is 0.319 e. The third kappa shape index (κ3) is 3.56. The molecule has 2 aliphatic rings. The van der Waals surface area contributed by atoms with Gasteiger partial charge in [0.15, 0.2) is 0 Å². The van der Waals surface area contributed by atoms with Gasteiger partial charge in [-0.15, -0.1) is 0 Å². The quantitative estimate of drug-likeness (QED) is 0.739. The lowest BCUT2D eigenvalue weighted by Crippen LogP contribution is -2.47. The van der Waals surface area contributed by atoms with E-state index in [-0.39, 0.29) is 17.5 Å². The number of rotatable bonds is 3. The zero-order chi connectivity index (χ0) is 19.1. The maximum Gasteiger partial charge on any atom is 0.319 e. The standard InChI is InChI=1S/C16H20N4O5S/c1-19-14(21)12-4-3-11(9-13(12)15(19)22)18-16(23)17-10-5-7-20(8-6-10)26(2,24)25/h3-4,9-10H,5-8H2,1-2H3,(H2,17,18,23). The van der Waals surface area contributed by atoms with Crippen molar-refractivity contribution in [1.82, 2.24) is 14.5 Å². The zero-order valence-electron chi connectivity index (χ0n) is 14.5. The molecule has 4 amide bonds. The molecule has 1 saturated heterocycles. The van der Waals surface area contributed by atoms with Gasteiger partial charge in [0.25, 0.3) is 11.8 Å². The fourth-order valence-electron chi connectivity index (χ4n) is 3.12. The van der Waals surface area contributed by atoms with E-state index in [2.05, 4.69) is 10.6 Å². The van der Waals surface area contributed by atoms with Crippen molar-refractivity contribution in [3.63, 3.8) is 0 Å². The van der Waals surface area contributed by atoms with Gasteiger partial charge in [-0.1, -0.05) is 0 Å². The predicted molar refractivity (Wildman–Crippen MR) is 94.5 cm³/mol. The predicted octanol–water partition coefficient (Wildman–Crippen LogP) is 0.458. The van der Waals surface area contributed by atoms with E-state index in [9.17, 15) is 22.8 Å². The number of carbonyl (C=O) groups is 3. The molecule has 0 atom stereocenters. The minimum atomic E-state index is -3.20. The summed E-state index contributed by atoms with van der Waals surface area (Å²) >= 11 is 0. The van der Waals surface area contributed by atoms with Crippen molar-refractivity contribution in [3.8, 4) is 0 Å². The molecule has 0 saturated carbocycles. The molecule has 10 heteroatoms. The number of nitrogens with one attached hydrogen (secondary N) is 2. The van der Waals surface area contributed by atoms with Gasteiger partial charge in [-0.05, 0) is 31.0 Å². The molecule has 0 radical (unpaired) electrons. The molecule has 0 aromatic heterocycles. The summed E-state index contributed by atoms with van der Waals surface area (Å²) in [5.41, 5.74) is 0.986. The number of imide groups is 1. The van der Waals surface area contributed by atoms with Crippen molar-refractivity contribution >= 4 is 33.6 Å². The molecule has 2 heterocycles. The molecule has 0 bridgehead atoms. The summed E-state index contributed by atoms with van der Waals surface area (Å²) in [6, 6.07) is 3.99. The third-order valence-corrected chi connectivity index (χ3v) is 5.91. The molecule has 26 heavy (non-hydrogen) atoms. The zero-order valence-corrected chi connectivity index (χ0v) is 15.3. The van der Waals surface area contributed by atoms with Gasteiger partial charge in [-0.2, -0.15) is 0 Å². The molecule has 2 N–H and O–H groups in total. The van der Waals surface area contributed by atoms with Crippen molar-refractivity contribution < 1.29 is 22.8 Å². The lowest BCUT2D eigenvalue weighted by Gasteiger charge is -2.30. The van der Waals surface area contributed by atoms with Gasteiger partial charge in [-0.25, -0.2) is 17.5 Å². The second-order valence-corrected chi connectivity index (χ2v) is 8.45. The fraction of sp³-hybridized carbons (Fsp3) is 0.438. The molecule has 9 nitrogen and oxygen atoms in total. The van der Waals surface area contributed by atoms with Crippen molar-refractivity contribution in [2.45, 2.75) is 18.9 Å². The Morgan fingerprint density at radius 3 is 2.35 bits per heavy atom. The third-order valence-electron chi connectivity index (χ3n) is 4.61. The van der Waals surface area contributed by atoms with Crippen molar-refractivity contribution in [2.75, 3.05) is 31.7 Å². The molecule has 2 aliphatic heterocycles. The Kier molecular flexibility index (Phi) is 4.72. The number of nitrogens with zero attached hydrogens (tertiary/aromatic N) is 2. The number of carbonyl (C=O) groups excluding carboxylic acids is 3. The van der Waals surface area contributed by atoms with Crippen LogP contribution in [0.25, 0.3) is 0 Å². The van der Waals surface area contributed by atoms with E-state index in [4.69, 9.17) is 0 Å². The molecular formula is C16H20N4O5S. The summed E-state index contributed by atoms with van der Waals surface area (Å²) in [7, 11) is -1.79. The summed E-state index contributed by atoms with van der Waals surface area (Å²) in [5.74, 6) is -0.763. The van der Waals surface area contributed by atoms with Gasteiger partial charge >= 0.3 is 6.03 Å². The Labute approximate surface area is 151 Å². The van der Waals surface area contributed by atoms with E-state index in [0.29, 0.717) is 37.2 Å². The minimum absolute atomic E-state index is 0.128. The van der Waals surface area contributed by atoms with Gasteiger partial charge < -0.3 is 10.6 Å². The Morgan fingerprint density at radius 1 is 1.12 bits per heavy atom. The fourth-order valence-corrected chi connectivity index (χ4v) is 4.00. The molecule has 3 rings (SSSR count). The molecule has 1 fully saturated rings. The molecule has 140 valence electrons. The first-order valence-electron chi connectivity index (χ1n) is 8.16. The summed E-state index contributed by atoms with van der Waals surface area (Å²) in [5, 5.41) is 5.45. The second kappa shape index (κ2) is 6.69. The topological polar surface area (TPSA) is 116 Å². The maximum atomic E-state index is 12.2. The monoisotopic (exact) mass is 380 g/mol. The Balaban J connectivity index is 1.59. The normalized spacial score (nSPS) is 18.8. The molecule has 1 aromatic carbocycles. The SMILES string of the molecule is CN1C(=O)c2ccc(NC(=O)NC3CCN(S(C)(=O)=O)CC3)cc2C1=O. The second-order valence-electron chi connectivity index (χ2n) is 6.46. The van der Waals surface area contributed by atoms with Crippen LogP contribution in [0.4, 0.5) is 10.5 Å². The lowest BCUT2D eigenvalue weighted by atomic mass is 10.1. The number of amides is 4. The maximum absolute atomic E-state index is 12.2. The molecular weight excluding hydrogens is 360 g/mol. The highest BCUT2D eigenvalue weighted by molar-refractivity contribution is 7.88. The molecule has 0 unspecified atom stereocenters. The first-order valence-corrected chi connectivity index (χ1v) is 10.0. The summed E-state index contributed by atoms with van der Waals surface area (Å²) in [6.07, 6.45) is 2.23. The van der Waals surface area contributed by atoms with Crippen LogP contribution in [0.3, 0.4) is 0 Å². The molecule has 0 aliphatic carbocycles. The van der Waals surface area contributed by atoms with Crippen molar-refractivity contribution in [2.24, 2.45) is 0 Å². The van der Waals surface area contributed by atoms with Gasteiger partial charge in [-0.3, -0.25) is 14.5 Å². The van der Waals surface area contributed by atoms with Crippen LogP contribution < -0.4 is 10.6 Å². The van der Waals surface area contributed by atoms with Crippen LogP contribution in [0, 0.1) is 0 Å². The van der Waals surface area contributed by atoms with E-state index in [1.807, 2.05) is 0 Å². The number of sulfonamides is 1. The molecule has 1 aromatic rings. The van der Waals surface area contributed by atoms with Crippen molar-refractivity contribution in [1.29, 1.82) is 0 Å². The Morgan fingerprint density at radius 2 is 1.73 bits per heavy atom. The Bertz CT molecular complexity index is 875. The first kappa shape index (κ1) is 18.3. The number of anilines is 1. The first-order chi connectivity index (χ1) is 12.2. The Hall–Kier alpha value is -2.46. The van der Waals surface area contributed by atoms with E-state index < -0.39 is 22.0 Å². The van der Waals surface area contributed by atoms with Gasteiger partial charge in [0.2, 0.25) is 10.0 Å².